The van der Waals surface area contributed by atoms with Gasteiger partial charge >= 0.3 is 0 Å². The highest BCUT2D eigenvalue weighted by atomic mass is 19.1. The molecule has 0 bridgehead atoms. The highest BCUT2D eigenvalue weighted by molar-refractivity contribution is 5.72. The topological polar surface area (TPSA) is 60.9 Å². The molecule has 4 heterocycles. The number of pyridine rings is 3. The second-order valence-corrected chi connectivity index (χ2v) is 8.24. The molecule has 0 aliphatic heterocycles. The fraction of sp³-hybridized carbons (Fsp3) is 0.115. The van der Waals surface area contributed by atoms with Gasteiger partial charge in [0.2, 0.25) is 0 Å². The van der Waals surface area contributed by atoms with E-state index in [1.54, 1.807) is 24.7 Å². The van der Waals surface area contributed by atoms with Crippen LogP contribution in [-0.2, 0) is 5.41 Å². The molecule has 0 fully saturated rings. The Morgan fingerprint density at radius 3 is 2.44 bits per heavy atom. The van der Waals surface area contributed by atoms with E-state index in [0.29, 0.717) is 22.9 Å². The Kier molecular flexibility index (Phi) is 5.10. The number of fused-ring (bicyclic) bond motifs is 1. The van der Waals surface area contributed by atoms with E-state index in [1.165, 1.54) is 6.07 Å². The molecule has 0 unspecified atom stereocenters. The first-order chi connectivity index (χ1) is 16.4. The van der Waals surface area contributed by atoms with Gasteiger partial charge in [-0.25, -0.2) is 28.6 Å². The molecule has 1 aromatic carbocycles. The Balaban J connectivity index is 1.57. The van der Waals surface area contributed by atoms with Crippen molar-refractivity contribution >= 4 is 16.9 Å². The Hall–Kier alpha value is -4.51. The number of nitrogens with zero attached hydrogens (tertiary/aromatic N) is 6. The average molecular weight is 452 g/mol. The molecule has 6 nitrogen and oxygen atoms in total. The normalized spacial score (nSPS) is 11.5. The first kappa shape index (κ1) is 21.3. The van der Waals surface area contributed by atoms with Crippen molar-refractivity contribution in [3.05, 3.63) is 108 Å². The van der Waals surface area contributed by atoms with Crippen LogP contribution in [0.2, 0.25) is 0 Å². The van der Waals surface area contributed by atoms with Crippen molar-refractivity contribution in [2.45, 2.75) is 19.3 Å². The molecule has 0 spiro atoms. The van der Waals surface area contributed by atoms with Crippen LogP contribution in [-0.4, -0.2) is 24.5 Å². The molecule has 0 radical (unpaired) electrons. The summed E-state index contributed by atoms with van der Waals surface area (Å²) in [7, 11) is 0. The van der Waals surface area contributed by atoms with Crippen LogP contribution >= 0.6 is 0 Å². The minimum Gasteiger partial charge on any atom is -0.267 e. The van der Waals surface area contributed by atoms with Crippen molar-refractivity contribution in [3.8, 4) is 17.1 Å². The van der Waals surface area contributed by atoms with E-state index >= 15 is 0 Å². The van der Waals surface area contributed by atoms with Crippen molar-refractivity contribution in [3.63, 3.8) is 0 Å². The molecule has 5 rings (SSSR count). The first-order valence-electron chi connectivity index (χ1n) is 10.5. The molecule has 34 heavy (non-hydrogen) atoms. The Bertz CT molecular complexity index is 1580. The van der Waals surface area contributed by atoms with Crippen molar-refractivity contribution in [1.82, 2.24) is 24.5 Å². The third-order valence-corrected chi connectivity index (χ3v) is 5.77. The Morgan fingerprint density at radius 2 is 1.65 bits per heavy atom. The summed E-state index contributed by atoms with van der Waals surface area (Å²) in [6.45, 7) is 11.0. The molecule has 0 amide bonds. The van der Waals surface area contributed by atoms with Gasteiger partial charge in [-0.1, -0.05) is 12.1 Å². The molecule has 8 heteroatoms. The molecule has 0 atom stereocenters. The summed E-state index contributed by atoms with van der Waals surface area (Å²) in [5, 5.41) is 0. The van der Waals surface area contributed by atoms with Crippen molar-refractivity contribution < 1.29 is 8.78 Å². The van der Waals surface area contributed by atoms with Crippen LogP contribution in [0.1, 0.15) is 25.2 Å². The van der Waals surface area contributed by atoms with Gasteiger partial charge in [0, 0.05) is 17.2 Å². The molecule has 0 saturated heterocycles. The quantitative estimate of drug-likeness (QED) is 0.312. The zero-order valence-electron chi connectivity index (χ0n) is 18.4. The number of halogens is 2. The first-order valence-corrected chi connectivity index (χ1v) is 10.5. The molecule has 0 aliphatic rings. The second-order valence-electron chi connectivity index (χ2n) is 8.24. The maximum absolute atomic E-state index is 14.8. The van der Waals surface area contributed by atoms with E-state index < -0.39 is 22.7 Å². The summed E-state index contributed by atoms with van der Waals surface area (Å²) in [6, 6.07) is 17.0. The van der Waals surface area contributed by atoms with Crippen LogP contribution in [0.25, 0.3) is 33.1 Å². The van der Waals surface area contributed by atoms with Crippen molar-refractivity contribution in [1.29, 1.82) is 0 Å². The number of aromatic nitrogens is 5. The van der Waals surface area contributed by atoms with Crippen LogP contribution in [0.15, 0.2) is 73.2 Å². The number of imidazole rings is 1. The molecule has 4 aromatic heterocycles. The number of hydrogen-bond acceptors (Lipinski definition) is 4. The maximum atomic E-state index is 14.8. The lowest BCUT2D eigenvalue weighted by atomic mass is 9.84. The van der Waals surface area contributed by atoms with Crippen LogP contribution in [0, 0.1) is 18.2 Å². The fourth-order valence-corrected chi connectivity index (χ4v) is 3.83. The average Bonchev–Trinajstić information content (AvgIpc) is 3.29. The highest BCUT2D eigenvalue weighted by Gasteiger charge is 2.28. The number of benzene rings is 1. The zero-order chi connectivity index (χ0) is 23.9. The lowest BCUT2D eigenvalue weighted by molar-refractivity contribution is 0.589. The summed E-state index contributed by atoms with van der Waals surface area (Å²) < 4.78 is 30.4. The SMILES string of the molecule is [C-]#[N+]c1c(F)ccc(-c2cccc(C(C)(C)c3cccc(-n4cnc5cccnc54)n3)n2)c1F. The predicted octanol–water partition coefficient (Wildman–Crippen LogP) is 6.03. The van der Waals surface area contributed by atoms with Gasteiger partial charge in [0.1, 0.15) is 29.3 Å². The smallest absolute Gasteiger partial charge is 0.257 e. The molecular weight excluding hydrogens is 434 g/mol. The van der Waals surface area contributed by atoms with Crippen LogP contribution in [0.3, 0.4) is 0 Å². The van der Waals surface area contributed by atoms with Gasteiger partial charge in [-0.05, 0) is 62.4 Å². The maximum Gasteiger partial charge on any atom is 0.257 e. The Labute approximate surface area is 194 Å². The fourth-order valence-electron chi connectivity index (χ4n) is 3.83. The largest absolute Gasteiger partial charge is 0.267 e. The van der Waals surface area contributed by atoms with Gasteiger partial charge in [-0.2, -0.15) is 0 Å². The Morgan fingerprint density at radius 1 is 0.882 bits per heavy atom. The van der Waals surface area contributed by atoms with Crippen molar-refractivity contribution in [2.75, 3.05) is 0 Å². The molecule has 0 aliphatic carbocycles. The summed E-state index contributed by atoms with van der Waals surface area (Å²) in [6.07, 6.45) is 3.39. The summed E-state index contributed by atoms with van der Waals surface area (Å²) in [4.78, 5) is 21.3. The number of hydrogen-bond donors (Lipinski definition) is 0. The van der Waals surface area contributed by atoms with Gasteiger partial charge in [-0.15, -0.1) is 0 Å². The van der Waals surface area contributed by atoms with Crippen LogP contribution < -0.4 is 0 Å². The summed E-state index contributed by atoms with van der Waals surface area (Å²) in [5.41, 5.74) is 1.96. The van der Waals surface area contributed by atoms with E-state index in [-0.39, 0.29) is 5.56 Å². The van der Waals surface area contributed by atoms with Gasteiger partial charge in [0.05, 0.1) is 23.7 Å². The van der Waals surface area contributed by atoms with Crippen LogP contribution in [0.5, 0.6) is 0 Å². The summed E-state index contributed by atoms with van der Waals surface area (Å²) >= 11 is 0. The highest BCUT2D eigenvalue weighted by Crippen LogP contribution is 2.34. The van der Waals surface area contributed by atoms with E-state index in [9.17, 15) is 8.78 Å². The van der Waals surface area contributed by atoms with E-state index in [1.807, 2.05) is 54.8 Å². The lowest BCUT2D eigenvalue weighted by Crippen LogP contribution is -2.23. The number of rotatable bonds is 4. The monoisotopic (exact) mass is 452 g/mol. The van der Waals surface area contributed by atoms with Gasteiger partial charge in [0.15, 0.2) is 5.65 Å². The lowest BCUT2D eigenvalue weighted by Gasteiger charge is -2.25. The summed E-state index contributed by atoms with van der Waals surface area (Å²) in [5.74, 6) is -1.15. The zero-order valence-corrected chi connectivity index (χ0v) is 18.4. The molecular formula is C26H18F2N6. The standard InChI is InChI=1S/C26H18F2N6/c1-26(2,20-9-4-7-18(32-20)16-12-13-17(27)24(29-3)23(16)28)21-10-5-11-22(33-21)34-15-31-19-8-6-14-30-25(19)34/h4-15H,1-2H3. The van der Waals surface area contributed by atoms with Gasteiger partial charge < -0.3 is 0 Å². The van der Waals surface area contributed by atoms with Crippen LogP contribution in [0.4, 0.5) is 14.5 Å². The third kappa shape index (κ3) is 3.48. The molecule has 0 saturated carbocycles. The second kappa shape index (κ2) is 8.12. The minimum atomic E-state index is -0.919. The molecule has 5 aromatic rings. The van der Waals surface area contributed by atoms with Gasteiger partial charge in [-0.3, -0.25) is 9.55 Å². The van der Waals surface area contributed by atoms with E-state index in [2.05, 4.69) is 19.8 Å². The molecule has 0 N–H and O–H groups in total. The minimum absolute atomic E-state index is 0.0720. The van der Waals surface area contributed by atoms with E-state index in [0.717, 1.165) is 17.3 Å². The van der Waals surface area contributed by atoms with E-state index in [4.69, 9.17) is 11.6 Å². The van der Waals surface area contributed by atoms with Gasteiger partial charge in [0.25, 0.3) is 5.69 Å². The predicted molar refractivity (Wildman–Crippen MR) is 125 cm³/mol. The van der Waals surface area contributed by atoms with Crippen molar-refractivity contribution in [2.24, 2.45) is 0 Å². The third-order valence-electron chi connectivity index (χ3n) is 5.77. The molecule has 166 valence electrons.